The molecular weight excluding hydrogens is 324 g/mol. The van der Waals surface area contributed by atoms with Gasteiger partial charge in [-0.05, 0) is 27.2 Å². The van der Waals surface area contributed by atoms with Crippen LogP contribution in [0.2, 0.25) is 0 Å². The third-order valence-corrected chi connectivity index (χ3v) is 3.43. The molecule has 4 N–H and O–H groups in total. The van der Waals surface area contributed by atoms with E-state index in [0.717, 1.165) is 26.4 Å². The number of Topliss-reactive ketones (excluding diaryl/α,β-unsaturated/α-hetero) is 1. The lowest BCUT2D eigenvalue weighted by molar-refractivity contribution is -0.154. The van der Waals surface area contributed by atoms with E-state index < -0.39 is 29.7 Å². The van der Waals surface area contributed by atoms with Crippen molar-refractivity contribution in [3.63, 3.8) is 0 Å². The van der Waals surface area contributed by atoms with Gasteiger partial charge in [0.05, 0.1) is 13.5 Å². The summed E-state index contributed by atoms with van der Waals surface area (Å²) in [6.07, 6.45) is 3.32. The van der Waals surface area contributed by atoms with Crippen molar-refractivity contribution >= 4 is 17.7 Å². The van der Waals surface area contributed by atoms with Gasteiger partial charge in [0.25, 0.3) is 0 Å². The minimum absolute atomic E-state index is 0.0134. The molecule has 1 unspecified atom stereocenters. The molecule has 0 aliphatic rings. The molecule has 0 aromatic rings. The molecule has 0 aromatic heterocycles. The van der Waals surface area contributed by atoms with E-state index in [4.69, 9.17) is 16.2 Å². The fraction of sp³-hybridized carbons (Fsp3) is 0.722. The average Bonchev–Trinajstić information content (AvgIpc) is 2.49. The SMILES string of the molecule is CCCCCC(N)CC(=O)C(CC(=O)OC(C)(C)C)=C(N)C(=O)OC. The van der Waals surface area contributed by atoms with Crippen LogP contribution in [-0.2, 0) is 23.9 Å². The summed E-state index contributed by atoms with van der Waals surface area (Å²) in [7, 11) is 1.15. The molecule has 25 heavy (non-hydrogen) atoms. The van der Waals surface area contributed by atoms with E-state index in [-0.39, 0.29) is 23.7 Å². The number of hydrogen-bond donors (Lipinski definition) is 2. The number of methoxy groups -OCH3 is 1. The fourth-order valence-electron chi connectivity index (χ4n) is 2.22. The Hall–Kier alpha value is -1.89. The number of carbonyl (C=O) groups excluding carboxylic acids is 3. The molecule has 1 atom stereocenters. The summed E-state index contributed by atoms with van der Waals surface area (Å²) < 4.78 is 9.75. The smallest absolute Gasteiger partial charge is 0.354 e. The highest BCUT2D eigenvalue weighted by atomic mass is 16.6. The topological polar surface area (TPSA) is 122 Å². The quantitative estimate of drug-likeness (QED) is 0.348. The molecule has 7 nitrogen and oxygen atoms in total. The second-order valence-corrected chi connectivity index (χ2v) is 7.03. The van der Waals surface area contributed by atoms with Gasteiger partial charge in [0, 0.05) is 18.0 Å². The Bertz CT molecular complexity index is 506. The number of esters is 2. The van der Waals surface area contributed by atoms with E-state index in [1.54, 1.807) is 20.8 Å². The van der Waals surface area contributed by atoms with Gasteiger partial charge in [-0.3, -0.25) is 9.59 Å². The molecule has 0 aromatic carbocycles. The average molecular weight is 356 g/mol. The van der Waals surface area contributed by atoms with Gasteiger partial charge in [0.1, 0.15) is 11.3 Å². The van der Waals surface area contributed by atoms with Crippen LogP contribution in [0.1, 0.15) is 66.2 Å². The van der Waals surface area contributed by atoms with Crippen LogP contribution in [-0.4, -0.2) is 36.5 Å². The van der Waals surface area contributed by atoms with Gasteiger partial charge in [0.15, 0.2) is 5.78 Å². The molecule has 0 saturated carbocycles. The Morgan fingerprint density at radius 1 is 1.12 bits per heavy atom. The standard InChI is InChI=1S/C18H32N2O5/c1-6-7-8-9-12(19)10-14(21)13(16(20)17(23)24-5)11-15(22)25-18(2,3)4/h12H,6-11,19-20H2,1-5H3. The third-order valence-electron chi connectivity index (χ3n) is 3.43. The number of hydrogen-bond acceptors (Lipinski definition) is 7. The van der Waals surface area contributed by atoms with Crippen LogP contribution in [0.3, 0.4) is 0 Å². The van der Waals surface area contributed by atoms with Crippen LogP contribution in [0, 0.1) is 0 Å². The Kier molecular flexibility index (Phi) is 10.0. The van der Waals surface area contributed by atoms with Gasteiger partial charge in [-0.25, -0.2) is 4.79 Å². The van der Waals surface area contributed by atoms with Crippen molar-refractivity contribution in [2.24, 2.45) is 11.5 Å². The lowest BCUT2D eigenvalue weighted by atomic mass is 9.96. The minimum Gasteiger partial charge on any atom is -0.464 e. The molecule has 0 aliphatic heterocycles. The van der Waals surface area contributed by atoms with Gasteiger partial charge >= 0.3 is 11.9 Å². The molecule has 144 valence electrons. The van der Waals surface area contributed by atoms with E-state index in [1.165, 1.54) is 0 Å². The van der Waals surface area contributed by atoms with Gasteiger partial charge in [-0.2, -0.15) is 0 Å². The van der Waals surface area contributed by atoms with Gasteiger partial charge in [-0.15, -0.1) is 0 Å². The maximum atomic E-state index is 12.5. The van der Waals surface area contributed by atoms with Crippen molar-refractivity contribution in [2.45, 2.75) is 77.9 Å². The van der Waals surface area contributed by atoms with Crippen molar-refractivity contribution in [3.05, 3.63) is 11.3 Å². The lowest BCUT2D eigenvalue weighted by Crippen LogP contribution is -2.30. The fourth-order valence-corrected chi connectivity index (χ4v) is 2.22. The number of ether oxygens (including phenoxy) is 2. The second kappa shape index (κ2) is 10.9. The highest BCUT2D eigenvalue weighted by molar-refractivity contribution is 6.06. The number of carbonyl (C=O) groups is 3. The first-order valence-corrected chi connectivity index (χ1v) is 8.59. The first-order valence-electron chi connectivity index (χ1n) is 8.59. The summed E-state index contributed by atoms with van der Waals surface area (Å²) in [5.74, 6) is -1.92. The molecule has 0 rings (SSSR count). The maximum Gasteiger partial charge on any atom is 0.354 e. The summed E-state index contributed by atoms with van der Waals surface area (Å²) in [5, 5.41) is 0. The first-order chi connectivity index (χ1) is 11.5. The molecule has 7 heteroatoms. The predicted octanol–water partition coefficient (Wildman–Crippen LogP) is 1.97. The lowest BCUT2D eigenvalue weighted by Gasteiger charge is -2.20. The molecule has 0 amide bonds. The van der Waals surface area contributed by atoms with Crippen molar-refractivity contribution in [2.75, 3.05) is 7.11 Å². The largest absolute Gasteiger partial charge is 0.464 e. The monoisotopic (exact) mass is 356 g/mol. The Morgan fingerprint density at radius 2 is 1.72 bits per heavy atom. The van der Waals surface area contributed by atoms with Crippen molar-refractivity contribution < 1.29 is 23.9 Å². The molecule has 0 fully saturated rings. The third kappa shape index (κ3) is 9.86. The molecule has 0 radical (unpaired) electrons. The molecule has 0 saturated heterocycles. The zero-order chi connectivity index (χ0) is 19.6. The number of rotatable bonds is 10. The summed E-state index contributed by atoms with van der Waals surface area (Å²) in [6, 6.07) is -0.349. The Morgan fingerprint density at radius 3 is 2.20 bits per heavy atom. The molecule has 0 aliphatic carbocycles. The van der Waals surface area contributed by atoms with Crippen LogP contribution in [0.15, 0.2) is 11.3 Å². The zero-order valence-electron chi connectivity index (χ0n) is 16.0. The number of ketones is 1. The van der Waals surface area contributed by atoms with Gasteiger partial charge in [0.2, 0.25) is 0 Å². The van der Waals surface area contributed by atoms with Gasteiger partial charge < -0.3 is 20.9 Å². The maximum absolute atomic E-state index is 12.5. The molecule has 0 heterocycles. The predicted molar refractivity (Wildman–Crippen MR) is 95.4 cm³/mol. The Balaban J connectivity index is 5.17. The van der Waals surface area contributed by atoms with E-state index >= 15 is 0 Å². The summed E-state index contributed by atoms with van der Waals surface area (Å²) >= 11 is 0. The van der Waals surface area contributed by atoms with Crippen LogP contribution < -0.4 is 11.5 Å². The zero-order valence-corrected chi connectivity index (χ0v) is 16.0. The summed E-state index contributed by atoms with van der Waals surface area (Å²) in [6.45, 7) is 7.21. The molecular formula is C18H32N2O5. The summed E-state index contributed by atoms with van der Waals surface area (Å²) in [4.78, 5) is 36.2. The van der Waals surface area contributed by atoms with Gasteiger partial charge in [-0.1, -0.05) is 26.2 Å². The van der Waals surface area contributed by atoms with E-state index in [9.17, 15) is 14.4 Å². The highest BCUT2D eigenvalue weighted by Gasteiger charge is 2.26. The number of unbranched alkanes of at least 4 members (excludes halogenated alkanes) is 2. The van der Waals surface area contributed by atoms with Crippen LogP contribution in [0.25, 0.3) is 0 Å². The summed E-state index contributed by atoms with van der Waals surface area (Å²) in [5.41, 5.74) is 10.5. The van der Waals surface area contributed by atoms with E-state index in [1.807, 2.05) is 0 Å². The molecule has 0 bridgehead atoms. The second-order valence-electron chi connectivity index (χ2n) is 7.03. The van der Waals surface area contributed by atoms with E-state index in [0.29, 0.717) is 6.42 Å². The first kappa shape index (κ1) is 23.1. The van der Waals surface area contributed by atoms with Crippen molar-refractivity contribution in [3.8, 4) is 0 Å². The van der Waals surface area contributed by atoms with Crippen molar-refractivity contribution in [1.82, 2.24) is 0 Å². The molecule has 0 spiro atoms. The number of nitrogens with two attached hydrogens (primary N) is 2. The minimum atomic E-state index is -0.855. The van der Waals surface area contributed by atoms with Crippen LogP contribution >= 0.6 is 0 Å². The Labute approximate surface area is 150 Å². The van der Waals surface area contributed by atoms with E-state index in [2.05, 4.69) is 11.7 Å². The van der Waals surface area contributed by atoms with Crippen LogP contribution in [0.4, 0.5) is 0 Å². The normalized spacial score (nSPS) is 13.7. The highest BCUT2D eigenvalue weighted by Crippen LogP contribution is 2.17. The van der Waals surface area contributed by atoms with Crippen molar-refractivity contribution in [1.29, 1.82) is 0 Å². The van der Waals surface area contributed by atoms with Crippen LogP contribution in [0.5, 0.6) is 0 Å².